The third-order valence-electron chi connectivity index (χ3n) is 3.63. The summed E-state index contributed by atoms with van der Waals surface area (Å²) in [6, 6.07) is 7.61. The minimum atomic E-state index is -4.46. The van der Waals surface area contributed by atoms with Gasteiger partial charge in [-0.25, -0.2) is 4.79 Å². The summed E-state index contributed by atoms with van der Waals surface area (Å²) in [6.45, 7) is 3.60. The highest BCUT2D eigenvalue weighted by Crippen LogP contribution is 2.22. The molecule has 2 N–H and O–H groups in total. The van der Waals surface area contributed by atoms with E-state index in [-0.39, 0.29) is 6.61 Å². The zero-order valence-electron chi connectivity index (χ0n) is 14.5. The lowest BCUT2D eigenvalue weighted by Crippen LogP contribution is -2.47. The minimum absolute atomic E-state index is 0.0363. The number of hydrogen-bond donors (Lipinski definition) is 2. The predicted octanol–water partition coefficient (Wildman–Crippen LogP) is 1.90. The Kier molecular flexibility index (Phi) is 8.57. The number of esters is 1. The number of ether oxygens (including phenoxy) is 1. The fourth-order valence-corrected chi connectivity index (χ4v) is 3.08. The van der Waals surface area contributed by atoms with Gasteiger partial charge in [0.2, 0.25) is 5.91 Å². The Morgan fingerprint density at radius 1 is 1.20 bits per heavy atom. The van der Waals surface area contributed by atoms with Crippen LogP contribution in [0.3, 0.4) is 0 Å². The van der Waals surface area contributed by atoms with Crippen molar-refractivity contribution in [3.63, 3.8) is 0 Å². The number of unbranched alkanes of at least 4 members (excludes halogenated alkanes) is 1. The first-order valence-corrected chi connectivity index (χ1v) is 9.86. The Morgan fingerprint density at radius 2 is 1.84 bits per heavy atom. The van der Waals surface area contributed by atoms with Crippen LogP contribution in [0.2, 0.25) is 0 Å². The highest BCUT2D eigenvalue weighted by molar-refractivity contribution is 7.85. The van der Waals surface area contributed by atoms with Crippen molar-refractivity contribution in [1.29, 1.82) is 0 Å². The fraction of sp³-hybridized carbons (Fsp3) is 0.529. The van der Waals surface area contributed by atoms with Gasteiger partial charge < -0.3 is 10.1 Å². The van der Waals surface area contributed by atoms with Crippen molar-refractivity contribution in [2.45, 2.75) is 45.1 Å². The summed E-state index contributed by atoms with van der Waals surface area (Å²) in [4.78, 5) is 24.6. The van der Waals surface area contributed by atoms with Crippen LogP contribution in [0.1, 0.15) is 44.6 Å². The van der Waals surface area contributed by atoms with Gasteiger partial charge in [0.15, 0.2) is 0 Å². The third-order valence-corrected chi connectivity index (χ3v) is 4.38. The first-order valence-electron chi connectivity index (χ1n) is 8.25. The van der Waals surface area contributed by atoms with Gasteiger partial charge in [0, 0.05) is 0 Å². The average Bonchev–Trinajstić information content (AvgIpc) is 2.54. The van der Waals surface area contributed by atoms with E-state index in [1.807, 2.05) is 37.3 Å². The maximum absolute atomic E-state index is 12.7. The molecule has 8 heteroatoms. The second-order valence-corrected chi connectivity index (χ2v) is 7.16. The predicted molar refractivity (Wildman–Crippen MR) is 93.7 cm³/mol. The molecule has 0 heterocycles. The van der Waals surface area contributed by atoms with Crippen molar-refractivity contribution < 1.29 is 27.3 Å². The Morgan fingerprint density at radius 3 is 2.36 bits per heavy atom. The maximum Gasteiger partial charge on any atom is 0.329 e. The normalized spacial score (nSPS) is 13.7. The molecule has 0 fully saturated rings. The van der Waals surface area contributed by atoms with Crippen molar-refractivity contribution >= 4 is 22.0 Å². The van der Waals surface area contributed by atoms with Crippen LogP contribution in [0.5, 0.6) is 0 Å². The van der Waals surface area contributed by atoms with Crippen LogP contribution in [0, 0.1) is 0 Å². The Labute approximate surface area is 148 Å². The molecule has 7 nitrogen and oxygen atoms in total. The van der Waals surface area contributed by atoms with Crippen LogP contribution in [0.15, 0.2) is 30.3 Å². The molecule has 0 aliphatic carbocycles. The molecule has 140 valence electrons. The molecule has 0 radical (unpaired) electrons. The zero-order valence-corrected chi connectivity index (χ0v) is 15.3. The average molecular weight is 371 g/mol. The van der Waals surface area contributed by atoms with Crippen molar-refractivity contribution in [1.82, 2.24) is 5.32 Å². The fourth-order valence-electron chi connectivity index (χ4n) is 2.44. The molecule has 1 unspecified atom stereocenters. The van der Waals surface area contributed by atoms with E-state index in [1.165, 1.54) is 0 Å². The molecule has 0 aromatic heterocycles. The van der Waals surface area contributed by atoms with Crippen LogP contribution in [-0.4, -0.2) is 43.2 Å². The molecule has 1 rings (SSSR count). The first kappa shape index (κ1) is 21.1. The third kappa shape index (κ3) is 7.66. The van der Waals surface area contributed by atoms with Gasteiger partial charge in [0.1, 0.15) is 11.8 Å². The number of carbonyl (C=O) groups excluding carboxylic acids is 2. The first-order chi connectivity index (χ1) is 11.8. The van der Waals surface area contributed by atoms with Crippen LogP contribution in [0.25, 0.3) is 0 Å². The molecular weight excluding hydrogens is 346 g/mol. The van der Waals surface area contributed by atoms with E-state index < -0.39 is 39.7 Å². The van der Waals surface area contributed by atoms with Crippen LogP contribution in [0.4, 0.5) is 0 Å². The van der Waals surface area contributed by atoms with Crippen LogP contribution >= 0.6 is 0 Å². The van der Waals surface area contributed by atoms with Gasteiger partial charge in [-0.2, -0.15) is 8.42 Å². The number of carbonyl (C=O) groups is 2. The van der Waals surface area contributed by atoms with Gasteiger partial charge in [-0.05, 0) is 18.9 Å². The van der Waals surface area contributed by atoms with E-state index in [0.717, 1.165) is 18.4 Å². The molecule has 0 saturated heterocycles. The number of amides is 1. The van der Waals surface area contributed by atoms with Gasteiger partial charge in [-0.3, -0.25) is 9.35 Å². The van der Waals surface area contributed by atoms with Crippen LogP contribution < -0.4 is 5.32 Å². The zero-order chi connectivity index (χ0) is 18.9. The highest BCUT2D eigenvalue weighted by atomic mass is 32.2. The Hall–Kier alpha value is -1.93. The van der Waals surface area contributed by atoms with Crippen LogP contribution in [-0.2, 0) is 24.4 Å². The molecule has 0 spiro atoms. The molecule has 0 saturated carbocycles. The van der Waals surface area contributed by atoms with E-state index in [9.17, 15) is 18.0 Å². The summed E-state index contributed by atoms with van der Waals surface area (Å²) in [6.07, 6.45) is 2.26. The largest absolute Gasteiger partial charge is 0.464 e. The lowest BCUT2D eigenvalue weighted by Gasteiger charge is -2.21. The van der Waals surface area contributed by atoms with Crippen molar-refractivity contribution in [3.05, 3.63) is 35.9 Å². The summed E-state index contributed by atoms with van der Waals surface area (Å²) in [5.41, 5.74) is 0.780. The lowest BCUT2D eigenvalue weighted by molar-refractivity contribution is -0.146. The van der Waals surface area contributed by atoms with Gasteiger partial charge in [0.05, 0.1) is 12.5 Å². The van der Waals surface area contributed by atoms with E-state index in [0.29, 0.717) is 6.42 Å². The number of nitrogens with one attached hydrogen (secondary N) is 1. The van der Waals surface area contributed by atoms with Gasteiger partial charge in [-0.15, -0.1) is 0 Å². The summed E-state index contributed by atoms with van der Waals surface area (Å²) in [7, 11) is -4.46. The number of rotatable bonds is 10. The molecule has 0 bridgehead atoms. The molecule has 1 aromatic carbocycles. The van der Waals surface area contributed by atoms with Gasteiger partial charge in [0.25, 0.3) is 10.1 Å². The lowest BCUT2D eigenvalue weighted by atomic mass is 9.92. The Bertz CT molecular complexity index is 659. The van der Waals surface area contributed by atoms with E-state index in [4.69, 9.17) is 9.29 Å². The van der Waals surface area contributed by atoms with Gasteiger partial charge >= 0.3 is 5.97 Å². The summed E-state index contributed by atoms with van der Waals surface area (Å²) >= 11 is 0. The Balaban J connectivity index is 2.98. The van der Waals surface area contributed by atoms with E-state index >= 15 is 0 Å². The number of benzene rings is 1. The summed E-state index contributed by atoms with van der Waals surface area (Å²) in [5.74, 6) is -2.80. The van der Waals surface area contributed by atoms with E-state index in [2.05, 4.69) is 5.32 Å². The molecule has 1 amide bonds. The summed E-state index contributed by atoms with van der Waals surface area (Å²) in [5, 5.41) is 2.41. The molecule has 2 atom stereocenters. The number of hydrogen-bond acceptors (Lipinski definition) is 5. The molecule has 1 aromatic rings. The molecule has 0 aliphatic rings. The second-order valence-electron chi connectivity index (χ2n) is 5.67. The quantitative estimate of drug-likeness (QED) is 0.480. The van der Waals surface area contributed by atoms with Crippen molar-refractivity contribution in [3.8, 4) is 0 Å². The van der Waals surface area contributed by atoms with E-state index in [1.54, 1.807) is 6.92 Å². The summed E-state index contributed by atoms with van der Waals surface area (Å²) < 4.78 is 36.1. The van der Waals surface area contributed by atoms with Gasteiger partial charge in [-0.1, -0.05) is 50.1 Å². The van der Waals surface area contributed by atoms with Crippen molar-refractivity contribution in [2.24, 2.45) is 0 Å². The SMILES string of the molecule is CCCCC(C(=O)N[C@@H](CS(=O)(=O)O)C(=O)OCC)c1ccccc1. The monoisotopic (exact) mass is 371 g/mol. The standard InChI is InChI=1S/C17H25NO6S/c1-3-5-11-14(13-9-7-6-8-10-13)16(19)18-15(12-25(21,22)23)17(20)24-4-2/h6-10,14-15H,3-5,11-12H2,1-2H3,(H,18,19)(H,21,22,23)/t14?,15-/m0/s1. The highest BCUT2D eigenvalue weighted by Gasteiger charge is 2.30. The molecule has 0 aliphatic heterocycles. The minimum Gasteiger partial charge on any atom is -0.464 e. The topological polar surface area (TPSA) is 110 Å². The molecular formula is C17H25NO6S. The maximum atomic E-state index is 12.7. The second kappa shape index (κ2) is 10.1. The molecule has 25 heavy (non-hydrogen) atoms. The van der Waals surface area contributed by atoms with Crippen molar-refractivity contribution in [2.75, 3.05) is 12.4 Å². The smallest absolute Gasteiger partial charge is 0.329 e.